The third-order valence-electron chi connectivity index (χ3n) is 4.50. The van der Waals surface area contributed by atoms with Gasteiger partial charge >= 0.3 is 6.18 Å². The molecule has 0 aromatic carbocycles. The van der Waals surface area contributed by atoms with Crippen LogP contribution in [0.15, 0.2) is 12.1 Å². The lowest BCUT2D eigenvalue weighted by Crippen LogP contribution is -2.48. The van der Waals surface area contributed by atoms with Gasteiger partial charge in [-0.3, -0.25) is 4.90 Å². The van der Waals surface area contributed by atoms with Crippen LogP contribution in [-0.2, 0) is 10.9 Å². The van der Waals surface area contributed by atoms with Crippen molar-refractivity contribution in [2.24, 2.45) is 5.92 Å². The summed E-state index contributed by atoms with van der Waals surface area (Å²) in [7, 11) is 0. The summed E-state index contributed by atoms with van der Waals surface area (Å²) in [5, 5.41) is 9.16. The Bertz CT molecular complexity index is 615. The standard InChI is InChI=1S/C16H19F3N4O/c17-16(18,19)14-2-1-13(9-20)15(21-14)23-6-4-22(5-7-23)10-12-3-8-24-11-12/h1-2,12H,3-8,10-11H2. The molecule has 1 atom stereocenters. The van der Waals surface area contributed by atoms with Crippen molar-refractivity contribution >= 4 is 5.82 Å². The lowest BCUT2D eigenvalue weighted by atomic mass is 10.1. The van der Waals surface area contributed by atoms with Crippen molar-refractivity contribution in [3.8, 4) is 6.07 Å². The maximum atomic E-state index is 12.9. The fourth-order valence-corrected chi connectivity index (χ4v) is 3.17. The molecule has 1 aromatic rings. The van der Waals surface area contributed by atoms with Crippen LogP contribution in [0.25, 0.3) is 0 Å². The van der Waals surface area contributed by atoms with Crippen molar-refractivity contribution in [2.75, 3.05) is 50.8 Å². The number of piperazine rings is 1. The number of anilines is 1. The van der Waals surface area contributed by atoms with E-state index >= 15 is 0 Å². The summed E-state index contributed by atoms with van der Waals surface area (Å²) in [5.41, 5.74) is -0.775. The van der Waals surface area contributed by atoms with Crippen LogP contribution in [-0.4, -0.2) is 55.8 Å². The number of rotatable bonds is 3. The Morgan fingerprint density at radius 2 is 2.00 bits per heavy atom. The van der Waals surface area contributed by atoms with Gasteiger partial charge in [-0.2, -0.15) is 18.4 Å². The van der Waals surface area contributed by atoms with Gasteiger partial charge in [-0.1, -0.05) is 0 Å². The number of pyridine rings is 1. The SMILES string of the molecule is N#Cc1ccc(C(F)(F)F)nc1N1CCN(CC2CCOC2)CC1. The van der Waals surface area contributed by atoms with Crippen LogP contribution < -0.4 is 4.90 Å². The molecule has 2 saturated heterocycles. The summed E-state index contributed by atoms with van der Waals surface area (Å²) in [4.78, 5) is 7.78. The average molecular weight is 340 g/mol. The molecule has 0 bridgehead atoms. The summed E-state index contributed by atoms with van der Waals surface area (Å²) >= 11 is 0. The summed E-state index contributed by atoms with van der Waals surface area (Å²) in [5.74, 6) is 0.675. The lowest BCUT2D eigenvalue weighted by Gasteiger charge is -2.36. The number of nitriles is 1. The van der Waals surface area contributed by atoms with Crippen LogP contribution in [0, 0.1) is 17.2 Å². The summed E-state index contributed by atoms with van der Waals surface area (Å²) in [6.45, 7) is 5.18. The van der Waals surface area contributed by atoms with Crippen LogP contribution in [0.4, 0.5) is 19.0 Å². The highest BCUT2D eigenvalue weighted by molar-refractivity contribution is 5.55. The second-order valence-electron chi connectivity index (χ2n) is 6.19. The Morgan fingerprint density at radius 1 is 1.25 bits per heavy atom. The quantitative estimate of drug-likeness (QED) is 0.844. The fraction of sp³-hybridized carbons (Fsp3) is 0.625. The van der Waals surface area contributed by atoms with Crippen molar-refractivity contribution in [3.05, 3.63) is 23.4 Å². The van der Waals surface area contributed by atoms with Crippen molar-refractivity contribution in [1.82, 2.24) is 9.88 Å². The molecule has 8 heteroatoms. The first kappa shape index (κ1) is 17.0. The molecule has 24 heavy (non-hydrogen) atoms. The van der Waals surface area contributed by atoms with E-state index in [0.29, 0.717) is 19.0 Å². The van der Waals surface area contributed by atoms with Crippen molar-refractivity contribution in [1.29, 1.82) is 5.26 Å². The number of ether oxygens (including phenoxy) is 1. The molecule has 130 valence electrons. The van der Waals surface area contributed by atoms with Gasteiger partial charge in [0.1, 0.15) is 17.6 Å². The minimum atomic E-state index is -4.51. The van der Waals surface area contributed by atoms with Crippen LogP contribution in [0.3, 0.4) is 0 Å². The highest BCUT2D eigenvalue weighted by Gasteiger charge is 2.34. The highest BCUT2D eigenvalue weighted by Crippen LogP contribution is 2.30. The summed E-state index contributed by atoms with van der Waals surface area (Å²) in [6, 6.07) is 4.00. The number of nitrogens with zero attached hydrogens (tertiary/aromatic N) is 4. The Morgan fingerprint density at radius 3 is 2.58 bits per heavy atom. The first-order valence-electron chi connectivity index (χ1n) is 8.01. The van der Waals surface area contributed by atoms with E-state index in [0.717, 1.165) is 45.3 Å². The smallest absolute Gasteiger partial charge is 0.381 e. The number of hydrogen-bond donors (Lipinski definition) is 0. The van der Waals surface area contributed by atoms with Crippen molar-refractivity contribution < 1.29 is 17.9 Å². The zero-order valence-corrected chi connectivity index (χ0v) is 13.2. The second kappa shape index (κ2) is 6.95. The van der Waals surface area contributed by atoms with Crippen LogP contribution in [0.5, 0.6) is 0 Å². The Balaban J connectivity index is 1.68. The highest BCUT2D eigenvalue weighted by atomic mass is 19.4. The molecule has 3 rings (SSSR count). The van der Waals surface area contributed by atoms with E-state index in [1.807, 2.05) is 6.07 Å². The van der Waals surface area contributed by atoms with Crippen molar-refractivity contribution in [3.63, 3.8) is 0 Å². The number of hydrogen-bond acceptors (Lipinski definition) is 5. The summed E-state index contributed by atoms with van der Waals surface area (Å²) in [6.07, 6.45) is -3.44. The van der Waals surface area contributed by atoms with Crippen molar-refractivity contribution in [2.45, 2.75) is 12.6 Å². The van der Waals surface area contributed by atoms with Crippen LogP contribution >= 0.6 is 0 Å². The minimum absolute atomic E-state index is 0.135. The van der Waals surface area contributed by atoms with E-state index in [9.17, 15) is 13.2 Å². The normalized spacial score (nSPS) is 22.6. The molecule has 0 aliphatic carbocycles. The van der Waals surface area contributed by atoms with E-state index in [1.54, 1.807) is 4.90 Å². The molecule has 1 unspecified atom stereocenters. The molecule has 0 spiro atoms. The zero-order valence-electron chi connectivity index (χ0n) is 13.2. The Hall–Kier alpha value is -1.85. The van der Waals surface area contributed by atoms with Crippen LogP contribution in [0.1, 0.15) is 17.7 Å². The predicted molar refractivity (Wildman–Crippen MR) is 81.5 cm³/mol. The first-order chi connectivity index (χ1) is 11.5. The second-order valence-corrected chi connectivity index (χ2v) is 6.19. The molecular weight excluding hydrogens is 321 g/mol. The van der Waals surface area contributed by atoms with Gasteiger partial charge in [0, 0.05) is 39.3 Å². The van der Waals surface area contributed by atoms with Gasteiger partial charge in [-0.25, -0.2) is 4.98 Å². The van der Waals surface area contributed by atoms with E-state index in [2.05, 4.69) is 9.88 Å². The molecule has 0 saturated carbocycles. The molecule has 3 heterocycles. The molecule has 0 radical (unpaired) electrons. The molecule has 0 amide bonds. The Labute approximate surface area is 138 Å². The third-order valence-corrected chi connectivity index (χ3v) is 4.50. The molecule has 0 N–H and O–H groups in total. The molecular formula is C16H19F3N4O. The van der Waals surface area contributed by atoms with Gasteiger partial charge in [0.05, 0.1) is 12.2 Å². The maximum Gasteiger partial charge on any atom is 0.433 e. The predicted octanol–water partition coefficient (Wildman–Crippen LogP) is 2.13. The van der Waals surface area contributed by atoms with Crippen LogP contribution in [0.2, 0.25) is 0 Å². The molecule has 2 aliphatic rings. The van der Waals surface area contributed by atoms with Gasteiger partial charge in [0.2, 0.25) is 0 Å². The van der Waals surface area contributed by atoms with Gasteiger partial charge in [0.25, 0.3) is 0 Å². The summed E-state index contributed by atoms with van der Waals surface area (Å²) < 4.78 is 44.0. The minimum Gasteiger partial charge on any atom is -0.381 e. The largest absolute Gasteiger partial charge is 0.433 e. The third kappa shape index (κ3) is 3.79. The monoisotopic (exact) mass is 340 g/mol. The molecule has 1 aromatic heterocycles. The average Bonchev–Trinajstić information content (AvgIpc) is 3.07. The van der Waals surface area contributed by atoms with Gasteiger partial charge < -0.3 is 9.64 Å². The fourth-order valence-electron chi connectivity index (χ4n) is 3.17. The number of halogens is 3. The first-order valence-corrected chi connectivity index (χ1v) is 8.01. The maximum absolute atomic E-state index is 12.9. The van der Waals surface area contributed by atoms with E-state index < -0.39 is 11.9 Å². The van der Waals surface area contributed by atoms with E-state index in [-0.39, 0.29) is 11.4 Å². The topological polar surface area (TPSA) is 52.4 Å². The lowest BCUT2D eigenvalue weighted by molar-refractivity contribution is -0.141. The number of aromatic nitrogens is 1. The van der Waals surface area contributed by atoms with Gasteiger partial charge in [-0.05, 0) is 24.5 Å². The van der Waals surface area contributed by atoms with E-state index in [4.69, 9.17) is 10.00 Å². The Kier molecular flexibility index (Phi) is 4.92. The zero-order chi connectivity index (χ0) is 17.2. The number of alkyl halides is 3. The molecule has 2 fully saturated rings. The molecule has 2 aliphatic heterocycles. The van der Waals surface area contributed by atoms with E-state index in [1.165, 1.54) is 6.07 Å². The van der Waals surface area contributed by atoms with Gasteiger partial charge in [-0.15, -0.1) is 0 Å². The van der Waals surface area contributed by atoms with Gasteiger partial charge in [0.15, 0.2) is 0 Å². The molecule has 5 nitrogen and oxygen atoms in total.